The van der Waals surface area contributed by atoms with Crippen LogP contribution >= 0.6 is 11.5 Å². The lowest BCUT2D eigenvalue weighted by Crippen LogP contribution is -2.37. The fourth-order valence-electron chi connectivity index (χ4n) is 2.20. The number of hydrazine groups is 1. The van der Waals surface area contributed by atoms with Crippen molar-refractivity contribution in [3.8, 4) is 0 Å². The third kappa shape index (κ3) is 2.38. The highest BCUT2D eigenvalue weighted by molar-refractivity contribution is 7.05. The smallest absolute Gasteiger partial charge is 0.236 e. The van der Waals surface area contributed by atoms with Gasteiger partial charge in [-0.15, -0.1) is 0 Å². The largest absolute Gasteiger partial charge is 0.294 e. The van der Waals surface area contributed by atoms with Crippen molar-refractivity contribution in [1.82, 2.24) is 14.8 Å². The second-order valence-corrected chi connectivity index (χ2v) is 5.02. The summed E-state index contributed by atoms with van der Waals surface area (Å²) in [5.41, 5.74) is 2.23. The van der Waals surface area contributed by atoms with Gasteiger partial charge in [0.1, 0.15) is 10.8 Å². The van der Waals surface area contributed by atoms with Gasteiger partial charge in [0.25, 0.3) is 0 Å². The topological polar surface area (TPSA) is 80.9 Å². The van der Waals surface area contributed by atoms with Crippen LogP contribution in [0.2, 0.25) is 0 Å². The van der Waals surface area contributed by atoms with Crippen LogP contribution in [0.15, 0.2) is 0 Å². The molecule has 0 unspecified atom stereocenters. The fourth-order valence-corrected chi connectivity index (χ4v) is 3.02. The molecule has 0 radical (unpaired) electrons. The van der Waals surface area contributed by atoms with Crippen molar-refractivity contribution >= 4 is 17.4 Å². The summed E-state index contributed by atoms with van der Waals surface area (Å²) in [5, 5.41) is 1.11. The van der Waals surface area contributed by atoms with Crippen molar-refractivity contribution in [2.45, 2.75) is 38.5 Å². The molecule has 0 spiro atoms. The molecular formula is C10H16N4OS. The molecule has 1 aliphatic rings. The van der Waals surface area contributed by atoms with Crippen LogP contribution in [0, 0.1) is 12.8 Å². The van der Waals surface area contributed by atoms with Crippen LogP contribution in [-0.4, -0.2) is 15.3 Å². The van der Waals surface area contributed by atoms with E-state index in [0.29, 0.717) is 5.92 Å². The zero-order chi connectivity index (χ0) is 11.5. The standard InChI is InChI=1S/C10H16N4OS/c1-6-12-10(16-14-6)8-4-2-7(3-5-8)9(15)13-11/h7-8H,2-5,11H2,1H3,(H,13,15). The Kier molecular flexibility index (Phi) is 3.50. The molecule has 1 aromatic rings. The first-order valence-electron chi connectivity index (χ1n) is 5.51. The Labute approximate surface area is 98.6 Å². The van der Waals surface area contributed by atoms with Crippen LogP contribution in [0.25, 0.3) is 0 Å². The van der Waals surface area contributed by atoms with E-state index in [4.69, 9.17) is 5.84 Å². The van der Waals surface area contributed by atoms with Crippen molar-refractivity contribution in [3.05, 3.63) is 10.8 Å². The Bertz CT molecular complexity index is 371. The van der Waals surface area contributed by atoms with Crippen molar-refractivity contribution in [2.24, 2.45) is 11.8 Å². The number of hydrogen-bond acceptors (Lipinski definition) is 5. The molecule has 2 rings (SSSR count). The molecule has 16 heavy (non-hydrogen) atoms. The van der Waals surface area contributed by atoms with Crippen LogP contribution in [0.4, 0.5) is 0 Å². The van der Waals surface area contributed by atoms with E-state index >= 15 is 0 Å². The fraction of sp³-hybridized carbons (Fsp3) is 0.700. The first kappa shape index (κ1) is 11.5. The third-order valence-corrected chi connectivity index (χ3v) is 4.10. The van der Waals surface area contributed by atoms with E-state index < -0.39 is 0 Å². The summed E-state index contributed by atoms with van der Waals surface area (Å²) in [4.78, 5) is 15.8. The van der Waals surface area contributed by atoms with Crippen LogP contribution in [0.1, 0.15) is 42.4 Å². The lowest BCUT2D eigenvalue weighted by atomic mass is 9.82. The first-order valence-corrected chi connectivity index (χ1v) is 6.28. The number of carbonyl (C=O) groups excluding carboxylic acids is 1. The summed E-state index contributed by atoms with van der Waals surface area (Å²) in [7, 11) is 0. The van der Waals surface area contributed by atoms with Gasteiger partial charge in [-0.1, -0.05) is 0 Å². The number of rotatable bonds is 2. The maximum Gasteiger partial charge on any atom is 0.236 e. The predicted molar refractivity (Wildman–Crippen MR) is 61.7 cm³/mol. The van der Waals surface area contributed by atoms with E-state index in [1.807, 2.05) is 6.92 Å². The van der Waals surface area contributed by atoms with E-state index in [0.717, 1.165) is 36.5 Å². The molecule has 1 aliphatic carbocycles. The van der Waals surface area contributed by atoms with E-state index in [9.17, 15) is 4.79 Å². The summed E-state index contributed by atoms with van der Waals surface area (Å²) in [6.07, 6.45) is 3.80. The summed E-state index contributed by atoms with van der Waals surface area (Å²) in [6, 6.07) is 0. The molecule has 3 N–H and O–H groups in total. The molecule has 0 atom stereocenters. The van der Waals surface area contributed by atoms with Crippen LogP contribution in [-0.2, 0) is 4.79 Å². The minimum atomic E-state index is -0.0353. The Balaban J connectivity index is 1.92. The Morgan fingerprint density at radius 1 is 1.44 bits per heavy atom. The second-order valence-electron chi connectivity index (χ2n) is 4.24. The molecule has 88 valence electrons. The Hall–Kier alpha value is -1.01. The minimum absolute atomic E-state index is 0.0353. The highest BCUT2D eigenvalue weighted by Crippen LogP contribution is 2.36. The summed E-state index contributed by atoms with van der Waals surface area (Å²) in [6.45, 7) is 1.91. The molecule has 0 bridgehead atoms. The van der Waals surface area contributed by atoms with Gasteiger partial charge in [-0.05, 0) is 44.1 Å². The van der Waals surface area contributed by atoms with Gasteiger partial charge in [-0.25, -0.2) is 10.8 Å². The number of carbonyl (C=O) groups is 1. The number of nitrogens with zero attached hydrogens (tertiary/aromatic N) is 2. The molecule has 1 heterocycles. The number of amides is 1. The van der Waals surface area contributed by atoms with Crippen LogP contribution < -0.4 is 11.3 Å². The van der Waals surface area contributed by atoms with E-state index in [-0.39, 0.29) is 11.8 Å². The average Bonchev–Trinajstić information content (AvgIpc) is 2.75. The van der Waals surface area contributed by atoms with Gasteiger partial charge in [0, 0.05) is 11.8 Å². The molecule has 5 nitrogen and oxygen atoms in total. The molecule has 1 saturated carbocycles. The number of aromatic nitrogens is 2. The molecular weight excluding hydrogens is 224 g/mol. The summed E-state index contributed by atoms with van der Waals surface area (Å²) < 4.78 is 4.19. The van der Waals surface area contributed by atoms with Gasteiger partial charge < -0.3 is 0 Å². The van der Waals surface area contributed by atoms with Crippen LogP contribution in [0.5, 0.6) is 0 Å². The minimum Gasteiger partial charge on any atom is -0.294 e. The maximum absolute atomic E-state index is 11.4. The Morgan fingerprint density at radius 2 is 2.12 bits per heavy atom. The normalized spacial score (nSPS) is 25.4. The molecule has 1 amide bonds. The maximum atomic E-state index is 11.4. The summed E-state index contributed by atoms with van der Waals surface area (Å²) in [5.74, 6) is 6.50. The van der Waals surface area contributed by atoms with Crippen molar-refractivity contribution in [2.75, 3.05) is 0 Å². The quantitative estimate of drug-likeness (QED) is 0.461. The van der Waals surface area contributed by atoms with Gasteiger partial charge in [0.15, 0.2) is 0 Å². The number of nitrogens with two attached hydrogens (primary N) is 1. The average molecular weight is 240 g/mol. The third-order valence-electron chi connectivity index (χ3n) is 3.13. The Morgan fingerprint density at radius 3 is 2.62 bits per heavy atom. The van der Waals surface area contributed by atoms with Gasteiger partial charge >= 0.3 is 0 Å². The van der Waals surface area contributed by atoms with E-state index in [1.165, 1.54) is 11.5 Å². The molecule has 0 aromatic carbocycles. The number of nitrogens with one attached hydrogen (secondary N) is 1. The first-order chi connectivity index (χ1) is 7.70. The molecule has 6 heteroatoms. The predicted octanol–water partition coefficient (Wildman–Crippen LogP) is 1.11. The van der Waals surface area contributed by atoms with Crippen molar-refractivity contribution < 1.29 is 4.79 Å². The lowest BCUT2D eigenvalue weighted by molar-refractivity contribution is -0.126. The SMILES string of the molecule is Cc1nsc(C2CCC(C(=O)NN)CC2)n1. The molecule has 0 saturated heterocycles. The highest BCUT2D eigenvalue weighted by atomic mass is 32.1. The zero-order valence-corrected chi connectivity index (χ0v) is 10.1. The van der Waals surface area contributed by atoms with Gasteiger partial charge in [-0.3, -0.25) is 10.2 Å². The van der Waals surface area contributed by atoms with Crippen molar-refractivity contribution in [3.63, 3.8) is 0 Å². The molecule has 0 aliphatic heterocycles. The van der Waals surface area contributed by atoms with Gasteiger partial charge in [0.05, 0.1) is 0 Å². The van der Waals surface area contributed by atoms with Gasteiger partial charge in [-0.2, -0.15) is 4.37 Å². The van der Waals surface area contributed by atoms with E-state index in [1.54, 1.807) is 0 Å². The lowest BCUT2D eigenvalue weighted by Gasteiger charge is -2.25. The summed E-state index contributed by atoms with van der Waals surface area (Å²) >= 11 is 1.49. The van der Waals surface area contributed by atoms with Gasteiger partial charge in [0.2, 0.25) is 5.91 Å². The second kappa shape index (κ2) is 4.88. The highest BCUT2D eigenvalue weighted by Gasteiger charge is 2.28. The molecule has 1 fully saturated rings. The number of aryl methyl sites for hydroxylation is 1. The zero-order valence-electron chi connectivity index (χ0n) is 9.27. The van der Waals surface area contributed by atoms with Crippen LogP contribution in [0.3, 0.4) is 0 Å². The van der Waals surface area contributed by atoms with Crippen molar-refractivity contribution in [1.29, 1.82) is 0 Å². The monoisotopic (exact) mass is 240 g/mol. The van der Waals surface area contributed by atoms with E-state index in [2.05, 4.69) is 14.8 Å². The molecule has 1 aromatic heterocycles. The number of hydrogen-bond donors (Lipinski definition) is 2.